The number of hydrogen-bond donors (Lipinski definition) is 4. The van der Waals surface area contributed by atoms with E-state index in [0.29, 0.717) is 0 Å². The van der Waals surface area contributed by atoms with E-state index < -0.39 is 37.3 Å². The second-order valence-corrected chi connectivity index (χ2v) is 2.94. The van der Waals surface area contributed by atoms with Gasteiger partial charge in [-0.3, -0.25) is 0 Å². The molecule has 1 heterocycles. The molecular formula is C7H14O6. The van der Waals surface area contributed by atoms with E-state index in [-0.39, 0.29) is 0 Å². The molecule has 78 valence electrons. The fourth-order valence-corrected chi connectivity index (χ4v) is 1.29. The van der Waals surface area contributed by atoms with Crippen molar-refractivity contribution in [3.8, 4) is 0 Å². The Morgan fingerprint density at radius 3 is 2.38 bits per heavy atom. The van der Waals surface area contributed by atoms with Crippen LogP contribution in [0.4, 0.5) is 0 Å². The van der Waals surface area contributed by atoms with Crippen molar-refractivity contribution in [2.75, 3.05) is 13.7 Å². The van der Waals surface area contributed by atoms with Crippen molar-refractivity contribution in [3.63, 3.8) is 0 Å². The van der Waals surface area contributed by atoms with Gasteiger partial charge in [0.2, 0.25) is 0 Å². The predicted octanol–water partition coefficient (Wildman–Crippen LogP) is -2.57. The molecule has 1 fully saturated rings. The summed E-state index contributed by atoms with van der Waals surface area (Å²) >= 11 is 0. The van der Waals surface area contributed by atoms with Gasteiger partial charge in [-0.25, -0.2) is 0 Å². The quantitative estimate of drug-likeness (QED) is 0.394. The average Bonchev–Trinajstić information content (AvgIpc) is 2.43. The Morgan fingerprint density at radius 1 is 1.38 bits per heavy atom. The van der Waals surface area contributed by atoms with Gasteiger partial charge < -0.3 is 29.9 Å². The molecule has 0 aromatic carbocycles. The highest BCUT2D eigenvalue weighted by atomic mass is 16.7. The third-order valence-corrected chi connectivity index (χ3v) is 2.06. The fraction of sp³-hybridized carbons (Fsp3) is 1.00. The smallest absolute Gasteiger partial charge is 0.186 e. The molecule has 13 heavy (non-hydrogen) atoms. The summed E-state index contributed by atoms with van der Waals surface area (Å²) in [5, 5.41) is 36.4. The van der Waals surface area contributed by atoms with Crippen LogP contribution in [0.15, 0.2) is 0 Å². The van der Waals surface area contributed by atoms with E-state index in [1.165, 1.54) is 7.11 Å². The summed E-state index contributed by atoms with van der Waals surface area (Å²) in [4.78, 5) is 0. The second-order valence-electron chi connectivity index (χ2n) is 2.94. The van der Waals surface area contributed by atoms with Crippen molar-refractivity contribution in [2.45, 2.75) is 30.7 Å². The van der Waals surface area contributed by atoms with Crippen LogP contribution in [0.3, 0.4) is 0 Å². The van der Waals surface area contributed by atoms with Gasteiger partial charge >= 0.3 is 0 Å². The van der Waals surface area contributed by atoms with E-state index >= 15 is 0 Å². The first-order chi connectivity index (χ1) is 6.11. The van der Waals surface area contributed by atoms with Crippen LogP contribution in [-0.2, 0) is 9.47 Å². The molecule has 0 saturated carbocycles. The van der Waals surface area contributed by atoms with Crippen molar-refractivity contribution in [1.82, 2.24) is 0 Å². The summed E-state index contributed by atoms with van der Waals surface area (Å²) in [5.74, 6) is 0. The first-order valence-corrected chi connectivity index (χ1v) is 3.95. The summed E-state index contributed by atoms with van der Waals surface area (Å²) in [6.45, 7) is -0.537. The zero-order chi connectivity index (χ0) is 10.0. The largest absolute Gasteiger partial charge is 0.394 e. The molecule has 0 radical (unpaired) electrons. The molecule has 6 heteroatoms. The molecule has 4 N–H and O–H groups in total. The Hall–Kier alpha value is -0.240. The lowest BCUT2D eigenvalue weighted by Crippen LogP contribution is -2.40. The summed E-state index contributed by atoms with van der Waals surface area (Å²) in [5.41, 5.74) is 0. The Bertz CT molecular complexity index is 163. The molecular weight excluding hydrogens is 180 g/mol. The van der Waals surface area contributed by atoms with Gasteiger partial charge in [0, 0.05) is 7.11 Å². The van der Waals surface area contributed by atoms with Crippen LogP contribution in [0.25, 0.3) is 0 Å². The van der Waals surface area contributed by atoms with Crippen LogP contribution in [0.2, 0.25) is 0 Å². The van der Waals surface area contributed by atoms with Crippen LogP contribution in [0, 0.1) is 0 Å². The van der Waals surface area contributed by atoms with Crippen molar-refractivity contribution in [3.05, 3.63) is 0 Å². The average molecular weight is 194 g/mol. The van der Waals surface area contributed by atoms with Crippen LogP contribution < -0.4 is 0 Å². The highest BCUT2D eigenvalue weighted by Gasteiger charge is 2.45. The van der Waals surface area contributed by atoms with Gasteiger partial charge in [-0.2, -0.15) is 0 Å². The van der Waals surface area contributed by atoms with Gasteiger partial charge in [0.25, 0.3) is 0 Å². The van der Waals surface area contributed by atoms with Gasteiger partial charge in [-0.1, -0.05) is 0 Å². The topological polar surface area (TPSA) is 99.4 Å². The number of methoxy groups -OCH3 is 1. The Kier molecular flexibility index (Phi) is 3.60. The van der Waals surface area contributed by atoms with Gasteiger partial charge in [0.15, 0.2) is 6.29 Å². The molecule has 0 aliphatic carbocycles. The third kappa shape index (κ3) is 1.98. The van der Waals surface area contributed by atoms with E-state index in [0.717, 1.165) is 0 Å². The van der Waals surface area contributed by atoms with Crippen LogP contribution in [0.1, 0.15) is 0 Å². The molecule has 0 unspecified atom stereocenters. The van der Waals surface area contributed by atoms with Crippen LogP contribution >= 0.6 is 0 Å². The molecule has 6 nitrogen and oxygen atoms in total. The highest BCUT2D eigenvalue weighted by molar-refractivity contribution is 4.90. The van der Waals surface area contributed by atoms with E-state index in [2.05, 4.69) is 0 Å². The van der Waals surface area contributed by atoms with Crippen LogP contribution in [0.5, 0.6) is 0 Å². The van der Waals surface area contributed by atoms with E-state index in [1.54, 1.807) is 0 Å². The number of aliphatic hydroxyl groups is 4. The van der Waals surface area contributed by atoms with Gasteiger partial charge in [-0.15, -0.1) is 0 Å². The van der Waals surface area contributed by atoms with E-state index in [1.807, 2.05) is 0 Å². The summed E-state index contributed by atoms with van der Waals surface area (Å²) < 4.78 is 9.65. The molecule has 1 aliphatic rings. The Balaban J connectivity index is 2.60. The van der Waals surface area contributed by atoms with E-state index in [4.69, 9.17) is 19.7 Å². The van der Waals surface area contributed by atoms with Gasteiger partial charge in [0.05, 0.1) is 6.61 Å². The second kappa shape index (κ2) is 4.32. The first kappa shape index (κ1) is 10.8. The first-order valence-electron chi connectivity index (χ1n) is 3.95. The SMILES string of the molecule is CO[C@@H]1O[C@@H]([C@H](O)CO)[C@@H](O)[C@@H]1O. The molecule has 1 rings (SSSR count). The molecule has 1 saturated heterocycles. The number of rotatable bonds is 3. The minimum Gasteiger partial charge on any atom is -0.394 e. The van der Waals surface area contributed by atoms with Crippen molar-refractivity contribution in [2.24, 2.45) is 0 Å². The summed E-state index contributed by atoms with van der Waals surface area (Å²) in [6, 6.07) is 0. The standard InChI is InChI=1S/C7H14O6/c1-12-7-5(11)4(10)6(13-7)3(9)2-8/h3-11H,2H2,1H3/t3-,4+,5+,6+,7-/m1/s1. The Labute approximate surface area is 75.3 Å². The maximum Gasteiger partial charge on any atom is 0.186 e. The lowest BCUT2D eigenvalue weighted by Gasteiger charge is -2.18. The lowest BCUT2D eigenvalue weighted by atomic mass is 10.1. The number of hydrogen-bond acceptors (Lipinski definition) is 6. The zero-order valence-corrected chi connectivity index (χ0v) is 7.20. The van der Waals surface area contributed by atoms with Crippen molar-refractivity contribution in [1.29, 1.82) is 0 Å². The molecule has 0 amide bonds. The normalized spacial score (nSPS) is 42.2. The summed E-state index contributed by atoms with van der Waals surface area (Å²) in [6.07, 6.45) is -5.63. The minimum atomic E-state index is -1.24. The molecule has 0 bridgehead atoms. The fourth-order valence-electron chi connectivity index (χ4n) is 1.29. The highest BCUT2D eigenvalue weighted by Crippen LogP contribution is 2.23. The van der Waals surface area contributed by atoms with E-state index in [9.17, 15) is 10.2 Å². The monoisotopic (exact) mass is 194 g/mol. The molecule has 1 aliphatic heterocycles. The summed E-state index contributed by atoms with van der Waals surface area (Å²) in [7, 11) is 1.31. The maximum atomic E-state index is 9.33. The third-order valence-electron chi connectivity index (χ3n) is 2.06. The predicted molar refractivity (Wildman–Crippen MR) is 40.8 cm³/mol. The van der Waals surface area contributed by atoms with Crippen molar-refractivity contribution < 1.29 is 29.9 Å². The van der Waals surface area contributed by atoms with Crippen LogP contribution in [-0.4, -0.2) is 64.8 Å². The maximum absolute atomic E-state index is 9.33. The van der Waals surface area contributed by atoms with Gasteiger partial charge in [-0.05, 0) is 0 Å². The number of ether oxygens (including phenoxy) is 2. The lowest BCUT2D eigenvalue weighted by molar-refractivity contribution is -0.166. The molecule has 0 spiro atoms. The zero-order valence-electron chi connectivity index (χ0n) is 7.20. The molecule has 5 atom stereocenters. The number of aliphatic hydroxyl groups excluding tert-OH is 4. The molecule has 0 aromatic heterocycles. The minimum absolute atomic E-state index is 0.537. The molecule has 0 aromatic rings. The Morgan fingerprint density at radius 2 is 2.00 bits per heavy atom. The van der Waals surface area contributed by atoms with Gasteiger partial charge in [0.1, 0.15) is 24.4 Å². The van der Waals surface area contributed by atoms with Crippen molar-refractivity contribution >= 4 is 0 Å².